The second kappa shape index (κ2) is 9.52. The molecule has 5 nitrogen and oxygen atoms in total. The van der Waals surface area contributed by atoms with Crippen LogP contribution < -0.4 is 0 Å². The van der Waals surface area contributed by atoms with Gasteiger partial charge in [-0.25, -0.2) is 4.79 Å². The largest absolute Gasteiger partial charge is 0.451 e. The number of hydrogen-bond donors (Lipinski definition) is 0. The first-order valence-electron chi connectivity index (χ1n) is 9.44. The third-order valence-corrected chi connectivity index (χ3v) is 4.76. The van der Waals surface area contributed by atoms with Gasteiger partial charge in [-0.1, -0.05) is 66.2 Å². The maximum absolute atomic E-state index is 12.4. The van der Waals surface area contributed by atoms with Crippen molar-refractivity contribution in [1.29, 1.82) is 5.26 Å². The van der Waals surface area contributed by atoms with Crippen LogP contribution in [-0.2, 0) is 14.3 Å². The Balaban J connectivity index is 1.55. The van der Waals surface area contributed by atoms with Crippen LogP contribution in [0.3, 0.4) is 0 Å². The van der Waals surface area contributed by atoms with Crippen molar-refractivity contribution in [3.8, 4) is 6.07 Å². The van der Waals surface area contributed by atoms with Crippen LogP contribution in [0.25, 0.3) is 11.6 Å². The van der Waals surface area contributed by atoms with E-state index in [1.807, 2.05) is 61.5 Å². The van der Waals surface area contributed by atoms with Gasteiger partial charge < -0.3 is 9.64 Å². The number of ether oxygens (including phenoxy) is 1. The van der Waals surface area contributed by atoms with Crippen molar-refractivity contribution in [2.75, 3.05) is 19.7 Å². The fourth-order valence-electron chi connectivity index (χ4n) is 3.07. The molecular weight excluding hydrogens is 364 g/mol. The molecule has 1 heterocycles. The average Bonchev–Trinajstić information content (AvgIpc) is 2.77. The van der Waals surface area contributed by atoms with E-state index in [0.29, 0.717) is 13.1 Å². The Bertz CT molecular complexity index is 983. The summed E-state index contributed by atoms with van der Waals surface area (Å²) in [4.78, 5) is 26.2. The molecule has 146 valence electrons. The summed E-state index contributed by atoms with van der Waals surface area (Å²) in [6.45, 7) is 2.63. The van der Waals surface area contributed by atoms with Gasteiger partial charge >= 0.3 is 5.97 Å². The highest BCUT2D eigenvalue weighted by Gasteiger charge is 2.20. The molecule has 5 heteroatoms. The monoisotopic (exact) mass is 386 g/mol. The Morgan fingerprint density at radius 2 is 1.86 bits per heavy atom. The lowest BCUT2D eigenvalue weighted by atomic mass is 10.00. The second-order valence-corrected chi connectivity index (χ2v) is 6.84. The number of nitriles is 1. The van der Waals surface area contributed by atoms with E-state index in [1.165, 1.54) is 11.6 Å². The molecule has 2 aromatic carbocycles. The summed E-state index contributed by atoms with van der Waals surface area (Å²) < 4.78 is 5.08. The van der Waals surface area contributed by atoms with Crippen LogP contribution in [0.15, 0.2) is 66.2 Å². The highest BCUT2D eigenvalue weighted by molar-refractivity contribution is 5.98. The normalized spacial score (nSPS) is 14.0. The minimum atomic E-state index is -0.793. The summed E-state index contributed by atoms with van der Waals surface area (Å²) in [5.41, 5.74) is 4.04. The van der Waals surface area contributed by atoms with E-state index < -0.39 is 5.97 Å². The number of nitrogens with zero attached hydrogens (tertiary/aromatic N) is 2. The van der Waals surface area contributed by atoms with Gasteiger partial charge in [0.25, 0.3) is 5.91 Å². The first-order valence-corrected chi connectivity index (χ1v) is 9.44. The quantitative estimate of drug-likeness (QED) is 0.446. The van der Waals surface area contributed by atoms with Gasteiger partial charge in [-0.3, -0.25) is 4.79 Å². The highest BCUT2D eigenvalue weighted by atomic mass is 16.5. The van der Waals surface area contributed by atoms with Gasteiger partial charge in [0.2, 0.25) is 0 Å². The van der Waals surface area contributed by atoms with Crippen LogP contribution >= 0.6 is 0 Å². The molecule has 3 rings (SSSR count). The Morgan fingerprint density at radius 1 is 1.14 bits per heavy atom. The smallest absolute Gasteiger partial charge is 0.349 e. The van der Waals surface area contributed by atoms with E-state index in [-0.39, 0.29) is 18.1 Å². The number of amides is 1. The standard InChI is InChI=1S/C24H22N2O3/c1-18-7-9-19(10-8-18)15-22(16-25)24(28)29-17-23(27)26-13-11-21(12-14-26)20-5-3-2-4-6-20/h2-11,15H,12-14,17H2,1H3/b22-15+. The summed E-state index contributed by atoms with van der Waals surface area (Å²) in [6.07, 6.45) is 4.24. The highest BCUT2D eigenvalue weighted by Crippen LogP contribution is 2.22. The predicted octanol–water partition coefficient (Wildman–Crippen LogP) is 3.76. The van der Waals surface area contributed by atoms with Crippen molar-refractivity contribution in [3.05, 3.63) is 82.9 Å². The van der Waals surface area contributed by atoms with Crippen LogP contribution in [-0.4, -0.2) is 36.5 Å². The van der Waals surface area contributed by atoms with Gasteiger partial charge in [0.1, 0.15) is 11.6 Å². The van der Waals surface area contributed by atoms with Crippen LogP contribution in [0.1, 0.15) is 23.1 Å². The lowest BCUT2D eigenvalue weighted by molar-refractivity contribution is -0.148. The van der Waals surface area contributed by atoms with Crippen LogP contribution in [0.2, 0.25) is 0 Å². The zero-order valence-electron chi connectivity index (χ0n) is 16.3. The number of aryl methyl sites for hydroxylation is 1. The molecule has 1 amide bonds. The minimum absolute atomic E-state index is 0.133. The summed E-state index contributed by atoms with van der Waals surface area (Å²) in [5, 5.41) is 9.24. The first kappa shape index (κ1) is 20.1. The van der Waals surface area contributed by atoms with Crippen LogP contribution in [0.5, 0.6) is 0 Å². The van der Waals surface area contributed by atoms with E-state index in [9.17, 15) is 14.9 Å². The molecule has 0 unspecified atom stereocenters. The number of hydrogen-bond acceptors (Lipinski definition) is 4. The molecule has 0 spiro atoms. The molecule has 2 aromatic rings. The number of benzene rings is 2. The maximum Gasteiger partial charge on any atom is 0.349 e. The third-order valence-electron chi connectivity index (χ3n) is 4.76. The van der Waals surface area contributed by atoms with E-state index in [2.05, 4.69) is 12.1 Å². The molecule has 0 saturated carbocycles. The lowest BCUT2D eigenvalue weighted by Gasteiger charge is -2.26. The molecule has 0 radical (unpaired) electrons. The molecule has 1 aliphatic heterocycles. The molecular formula is C24H22N2O3. The fourth-order valence-corrected chi connectivity index (χ4v) is 3.07. The molecule has 0 saturated heterocycles. The number of rotatable bonds is 5. The van der Waals surface area contributed by atoms with E-state index in [1.54, 1.807) is 4.90 Å². The zero-order chi connectivity index (χ0) is 20.6. The zero-order valence-corrected chi connectivity index (χ0v) is 16.3. The average molecular weight is 386 g/mol. The summed E-state index contributed by atoms with van der Waals surface area (Å²) in [5.74, 6) is -1.06. The van der Waals surface area contributed by atoms with Crippen molar-refractivity contribution < 1.29 is 14.3 Å². The number of esters is 1. The molecule has 0 aliphatic carbocycles. The summed E-state index contributed by atoms with van der Waals surface area (Å²) >= 11 is 0. The molecule has 0 atom stereocenters. The van der Waals surface area contributed by atoms with Gasteiger partial charge in [0, 0.05) is 13.1 Å². The minimum Gasteiger partial charge on any atom is -0.451 e. The van der Waals surface area contributed by atoms with E-state index in [0.717, 1.165) is 23.1 Å². The third kappa shape index (κ3) is 5.43. The van der Waals surface area contributed by atoms with Crippen molar-refractivity contribution >= 4 is 23.5 Å². The van der Waals surface area contributed by atoms with Crippen molar-refractivity contribution in [2.45, 2.75) is 13.3 Å². The van der Waals surface area contributed by atoms with Crippen molar-refractivity contribution in [2.24, 2.45) is 0 Å². The fraction of sp³-hybridized carbons (Fsp3) is 0.208. The van der Waals surface area contributed by atoms with Crippen molar-refractivity contribution in [1.82, 2.24) is 4.90 Å². The van der Waals surface area contributed by atoms with Gasteiger partial charge in [0.15, 0.2) is 6.61 Å². The van der Waals surface area contributed by atoms with Gasteiger partial charge in [-0.15, -0.1) is 0 Å². The maximum atomic E-state index is 12.4. The number of carbonyl (C=O) groups excluding carboxylic acids is 2. The lowest BCUT2D eigenvalue weighted by Crippen LogP contribution is -2.37. The van der Waals surface area contributed by atoms with Gasteiger partial charge in [-0.2, -0.15) is 5.26 Å². The SMILES string of the molecule is Cc1ccc(/C=C(\C#N)C(=O)OCC(=O)N2CC=C(c3ccccc3)CC2)cc1. The second-order valence-electron chi connectivity index (χ2n) is 6.84. The number of carbonyl (C=O) groups is 2. The van der Waals surface area contributed by atoms with Crippen molar-refractivity contribution in [3.63, 3.8) is 0 Å². The molecule has 0 bridgehead atoms. The van der Waals surface area contributed by atoms with Gasteiger partial charge in [-0.05, 0) is 36.1 Å². The van der Waals surface area contributed by atoms with Crippen LogP contribution in [0.4, 0.5) is 0 Å². The Labute approximate surface area is 170 Å². The molecule has 0 N–H and O–H groups in total. The van der Waals surface area contributed by atoms with Gasteiger partial charge in [0.05, 0.1) is 0 Å². The molecule has 0 aromatic heterocycles. The predicted molar refractivity (Wildman–Crippen MR) is 111 cm³/mol. The first-order chi connectivity index (χ1) is 14.1. The topological polar surface area (TPSA) is 70.4 Å². The summed E-state index contributed by atoms with van der Waals surface area (Å²) in [6, 6.07) is 19.3. The molecule has 0 fully saturated rings. The Hall–Kier alpha value is -3.65. The van der Waals surface area contributed by atoms with E-state index in [4.69, 9.17) is 4.74 Å². The Morgan fingerprint density at radius 3 is 2.48 bits per heavy atom. The van der Waals surface area contributed by atoms with Crippen LogP contribution in [0, 0.1) is 18.3 Å². The van der Waals surface area contributed by atoms with E-state index >= 15 is 0 Å². The summed E-state index contributed by atoms with van der Waals surface area (Å²) in [7, 11) is 0. The molecule has 1 aliphatic rings. The Kier molecular flexibility index (Phi) is 6.59. The molecule has 29 heavy (non-hydrogen) atoms.